The largest absolute Gasteiger partial charge is 0.356 e. The van der Waals surface area contributed by atoms with E-state index in [4.69, 9.17) is 0 Å². The first kappa shape index (κ1) is 19.0. The van der Waals surface area contributed by atoms with Crippen molar-refractivity contribution in [2.75, 3.05) is 27.2 Å². The van der Waals surface area contributed by atoms with Gasteiger partial charge in [0.25, 0.3) is 0 Å². The van der Waals surface area contributed by atoms with Gasteiger partial charge in [-0.15, -0.1) is 0 Å². The lowest BCUT2D eigenvalue weighted by Crippen LogP contribution is -2.43. The Morgan fingerprint density at radius 3 is 2.57 bits per heavy atom. The maximum absolute atomic E-state index is 11.7. The third kappa shape index (κ3) is 7.17. The summed E-state index contributed by atoms with van der Waals surface area (Å²) < 4.78 is 0. The van der Waals surface area contributed by atoms with Gasteiger partial charge in [-0.25, -0.2) is 4.99 Å². The van der Waals surface area contributed by atoms with E-state index in [0.717, 1.165) is 19.4 Å². The van der Waals surface area contributed by atoms with Gasteiger partial charge in [-0.3, -0.25) is 4.79 Å². The highest BCUT2D eigenvalue weighted by Crippen LogP contribution is 2.11. The van der Waals surface area contributed by atoms with E-state index in [0.29, 0.717) is 12.5 Å². The molecule has 0 unspecified atom stereocenters. The van der Waals surface area contributed by atoms with Crippen LogP contribution < -0.4 is 10.6 Å². The smallest absolute Gasteiger partial charge is 0.241 e. The molecule has 0 aliphatic rings. The molecule has 1 aromatic carbocycles. The Hall–Kier alpha value is -2.04. The van der Waals surface area contributed by atoms with E-state index in [2.05, 4.69) is 54.6 Å². The van der Waals surface area contributed by atoms with E-state index < -0.39 is 0 Å². The van der Waals surface area contributed by atoms with E-state index >= 15 is 0 Å². The Kier molecular flexibility index (Phi) is 8.16. The minimum absolute atomic E-state index is 0.0292. The zero-order chi connectivity index (χ0) is 17.2. The topological polar surface area (TPSA) is 56.7 Å². The molecule has 0 spiro atoms. The van der Waals surface area contributed by atoms with Crippen LogP contribution in [0.5, 0.6) is 0 Å². The molecule has 5 nitrogen and oxygen atoms in total. The third-order valence-corrected chi connectivity index (χ3v) is 3.63. The second kappa shape index (κ2) is 9.87. The van der Waals surface area contributed by atoms with Crippen molar-refractivity contribution in [1.82, 2.24) is 15.5 Å². The molecular weight excluding hydrogens is 288 g/mol. The van der Waals surface area contributed by atoms with E-state index in [9.17, 15) is 4.79 Å². The summed E-state index contributed by atoms with van der Waals surface area (Å²) in [7, 11) is 3.50. The Morgan fingerprint density at radius 2 is 1.96 bits per heavy atom. The minimum Gasteiger partial charge on any atom is -0.356 e. The van der Waals surface area contributed by atoms with E-state index in [1.54, 1.807) is 19.0 Å². The number of hydrogen-bond acceptors (Lipinski definition) is 2. The lowest BCUT2D eigenvalue weighted by Gasteiger charge is -2.15. The number of guanidine groups is 1. The average molecular weight is 318 g/mol. The number of aryl methyl sites for hydroxylation is 2. The first-order valence-corrected chi connectivity index (χ1v) is 8.22. The van der Waals surface area contributed by atoms with Crippen LogP contribution in [0, 0.1) is 13.8 Å². The van der Waals surface area contributed by atoms with Crippen molar-refractivity contribution in [2.24, 2.45) is 4.99 Å². The maximum Gasteiger partial charge on any atom is 0.241 e. The van der Waals surface area contributed by atoms with E-state index in [1.807, 2.05) is 0 Å². The second-order valence-electron chi connectivity index (χ2n) is 6.02. The van der Waals surface area contributed by atoms with Gasteiger partial charge in [0.1, 0.15) is 0 Å². The fourth-order valence-corrected chi connectivity index (χ4v) is 2.06. The molecule has 2 N–H and O–H groups in total. The monoisotopic (exact) mass is 318 g/mol. The molecule has 0 saturated heterocycles. The molecule has 0 aliphatic heterocycles. The van der Waals surface area contributed by atoms with Crippen LogP contribution in [-0.4, -0.2) is 44.0 Å². The highest BCUT2D eigenvalue weighted by Gasteiger charge is 2.06. The summed E-state index contributed by atoms with van der Waals surface area (Å²) in [6.45, 7) is 8.04. The predicted octanol–water partition coefficient (Wildman–Crippen LogP) is 2.23. The van der Waals surface area contributed by atoms with Crippen molar-refractivity contribution in [1.29, 1.82) is 0 Å². The van der Waals surface area contributed by atoms with Crippen LogP contribution in [0.15, 0.2) is 23.2 Å². The quantitative estimate of drug-likeness (QED) is 0.460. The SMILES string of the molecule is CCCCNC(=NCc1ccc(C)cc1C)NCC(=O)N(C)C. The van der Waals surface area contributed by atoms with Crippen LogP contribution in [0.3, 0.4) is 0 Å². The van der Waals surface area contributed by atoms with Gasteiger partial charge in [0.15, 0.2) is 5.96 Å². The molecule has 1 aromatic rings. The van der Waals surface area contributed by atoms with Crippen molar-refractivity contribution in [3.8, 4) is 0 Å². The van der Waals surface area contributed by atoms with Gasteiger partial charge >= 0.3 is 0 Å². The molecule has 0 bridgehead atoms. The van der Waals surface area contributed by atoms with Crippen molar-refractivity contribution in [3.05, 3.63) is 34.9 Å². The number of nitrogens with zero attached hydrogens (tertiary/aromatic N) is 2. The van der Waals surface area contributed by atoms with E-state index in [-0.39, 0.29) is 12.5 Å². The van der Waals surface area contributed by atoms with Crippen molar-refractivity contribution < 1.29 is 4.79 Å². The highest BCUT2D eigenvalue weighted by molar-refractivity contribution is 5.86. The summed E-state index contributed by atoms with van der Waals surface area (Å²) in [5, 5.41) is 6.39. The third-order valence-electron chi connectivity index (χ3n) is 3.63. The number of benzene rings is 1. The van der Waals surface area contributed by atoms with Crippen LogP contribution in [-0.2, 0) is 11.3 Å². The second-order valence-corrected chi connectivity index (χ2v) is 6.02. The predicted molar refractivity (Wildman–Crippen MR) is 96.7 cm³/mol. The van der Waals surface area contributed by atoms with Gasteiger partial charge in [0.2, 0.25) is 5.91 Å². The van der Waals surface area contributed by atoms with Gasteiger partial charge in [0, 0.05) is 20.6 Å². The number of carbonyl (C=O) groups excluding carboxylic acids is 1. The zero-order valence-corrected chi connectivity index (χ0v) is 15.1. The van der Waals surface area contributed by atoms with Crippen LogP contribution in [0.25, 0.3) is 0 Å². The summed E-state index contributed by atoms with van der Waals surface area (Å²) in [4.78, 5) is 17.9. The van der Waals surface area contributed by atoms with Crippen molar-refractivity contribution in [2.45, 2.75) is 40.2 Å². The number of nitrogens with one attached hydrogen (secondary N) is 2. The minimum atomic E-state index is 0.0292. The fraction of sp³-hybridized carbons (Fsp3) is 0.556. The Morgan fingerprint density at radius 1 is 1.22 bits per heavy atom. The first-order valence-electron chi connectivity index (χ1n) is 8.22. The lowest BCUT2D eigenvalue weighted by atomic mass is 10.1. The Balaban J connectivity index is 2.70. The Bertz CT molecular complexity index is 538. The van der Waals surface area contributed by atoms with Crippen molar-refractivity contribution >= 4 is 11.9 Å². The molecule has 0 radical (unpaired) electrons. The average Bonchev–Trinajstić information content (AvgIpc) is 2.50. The van der Waals surface area contributed by atoms with Gasteiger partial charge in [0.05, 0.1) is 13.1 Å². The maximum atomic E-state index is 11.7. The molecule has 1 amide bonds. The van der Waals surface area contributed by atoms with Gasteiger partial charge in [-0.05, 0) is 31.4 Å². The fourth-order valence-electron chi connectivity index (χ4n) is 2.06. The molecule has 5 heteroatoms. The molecule has 0 saturated carbocycles. The Labute approximate surface area is 140 Å². The van der Waals surface area contributed by atoms with Gasteiger partial charge in [-0.1, -0.05) is 37.1 Å². The number of aliphatic imine (C=N–C) groups is 1. The molecular formula is C18H30N4O. The number of hydrogen-bond donors (Lipinski definition) is 2. The molecule has 1 rings (SSSR count). The van der Waals surface area contributed by atoms with Crippen LogP contribution in [0.1, 0.15) is 36.5 Å². The molecule has 0 aliphatic carbocycles. The van der Waals surface area contributed by atoms with Gasteiger partial charge < -0.3 is 15.5 Å². The number of carbonyl (C=O) groups is 1. The first-order chi connectivity index (χ1) is 10.9. The summed E-state index contributed by atoms with van der Waals surface area (Å²) in [5.74, 6) is 0.718. The standard InChI is InChI=1S/C18H30N4O/c1-6-7-10-19-18(21-13-17(23)22(4)5)20-12-16-9-8-14(2)11-15(16)3/h8-9,11H,6-7,10,12-13H2,1-5H3,(H2,19,20,21). The van der Waals surface area contributed by atoms with Crippen LogP contribution >= 0.6 is 0 Å². The number of likely N-dealkylation sites (N-methyl/N-ethyl adjacent to an activating group) is 1. The molecule has 0 fully saturated rings. The number of amides is 1. The summed E-state index contributed by atoms with van der Waals surface area (Å²) in [6, 6.07) is 6.38. The summed E-state index contributed by atoms with van der Waals surface area (Å²) in [6.07, 6.45) is 2.19. The van der Waals surface area contributed by atoms with Crippen LogP contribution in [0.4, 0.5) is 0 Å². The normalized spacial score (nSPS) is 11.3. The zero-order valence-electron chi connectivity index (χ0n) is 15.1. The van der Waals surface area contributed by atoms with Gasteiger partial charge in [-0.2, -0.15) is 0 Å². The molecule has 0 aromatic heterocycles. The summed E-state index contributed by atoms with van der Waals surface area (Å²) in [5.41, 5.74) is 3.70. The van der Waals surface area contributed by atoms with Crippen LogP contribution in [0.2, 0.25) is 0 Å². The number of unbranched alkanes of at least 4 members (excludes halogenated alkanes) is 1. The van der Waals surface area contributed by atoms with Crippen molar-refractivity contribution in [3.63, 3.8) is 0 Å². The number of rotatable bonds is 7. The molecule has 23 heavy (non-hydrogen) atoms. The molecule has 0 atom stereocenters. The molecule has 128 valence electrons. The lowest BCUT2D eigenvalue weighted by molar-refractivity contribution is -0.127. The van der Waals surface area contributed by atoms with E-state index in [1.165, 1.54) is 16.7 Å². The summed E-state index contributed by atoms with van der Waals surface area (Å²) >= 11 is 0. The highest BCUT2D eigenvalue weighted by atomic mass is 16.2. The molecule has 0 heterocycles.